The smallest absolute Gasteiger partial charge is 0.225 e. The predicted molar refractivity (Wildman–Crippen MR) is 125 cm³/mol. The molecule has 1 heterocycles. The third kappa shape index (κ3) is 7.58. The molecule has 1 unspecified atom stereocenters. The molecule has 0 radical (unpaired) electrons. The normalized spacial score (nSPS) is 16.8. The van der Waals surface area contributed by atoms with Crippen molar-refractivity contribution in [3.8, 4) is 0 Å². The zero-order valence-corrected chi connectivity index (χ0v) is 19.9. The average molecular weight is 502 g/mol. The van der Waals surface area contributed by atoms with Gasteiger partial charge in [0.25, 0.3) is 0 Å². The summed E-state index contributed by atoms with van der Waals surface area (Å²) in [6, 6.07) is 8.55. The van der Waals surface area contributed by atoms with E-state index in [1.807, 2.05) is 30.9 Å². The van der Waals surface area contributed by atoms with Gasteiger partial charge in [-0.3, -0.25) is 9.79 Å². The summed E-state index contributed by atoms with van der Waals surface area (Å²) in [4.78, 5) is 18.4. The molecular weight excluding hydrogens is 467 g/mol. The van der Waals surface area contributed by atoms with Gasteiger partial charge in [-0.05, 0) is 24.0 Å². The number of rotatable bonds is 8. The number of likely N-dealkylation sites (tertiary alicyclic amines) is 1. The molecule has 1 amide bonds. The highest BCUT2D eigenvalue weighted by molar-refractivity contribution is 14.0. The van der Waals surface area contributed by atoms with Crippen molar-refractivity contribution in [3.05, 3.63) is 35.4 Å². The summed E-state index contributed by atoms with van der Waals surface area (Å²) in [5, 5.41) is 6.84. The van der Waals surface area contributed by atoms with Crippen LogP contribution in [-0.2, 0) is 22.7 Å². The molecule has 7 heteroatoms. The standard InChI is InChI=1S/C21H34N4O2.HI/c1-5-12-27-15-18-9-7-6-8-17(18)13-23-21(22-4)24-19-10-11-25(14-19)20(26)16(2)3;/h6-9,16,19H,5,10-15H2,1-4H3,(H2,22,23,24);1H. The minimum Gasteiger partial charge on any atom is -0.377 e. The van der Waals surface area contributed by atoms with Crippen LogP contribution in [0.2, 0.25) is 0 Å². The Balaban J connectivity index is 0.00000392. The van der Waals surface area contributed by atoms with Gasteiger partial charge >= 0.3 is 0 Å². The molecule has 1 atom stereocenters. The molecule has 2 rings (SSSR count). The Morgan fingerprint density at radius 1 is 1.32 bits per heavy atom. The summed E-state index contributed by atoms with van der Waals surface area (Å²) in [7, 11) is 1.78. The van der Waals surface area contributed by atoms with Crippen LogP contribution in [-0.4, -0.2) is 49.6 Å². The van der Waals surface area contributed by atoms with Gasteiger partial charge in [-0.2, -0.15) is 0 Å². The second-order valence-electron chi connectivity index (χ2n) is 7.32. The second kappa shape index (κ2) is 13.0. The highest BCUT2D eigenvalue weighted by Gasteiger charge is 2.27. The van der Waals surface area contributed by atoms with E-state index in [9.17, 15) is 4.79 Å². The molecule has 0 saturated carbocycles. The molecule has 1 aliphatic rings. The summed E-state index contributed by atoms with van der Waals surface area (Å²) in [6.07, 6.45) is 1.97. The van der Waals surface area contributed by atoms with Crippen LogP contribution in [0.4, 0.5) is 0 Å². The van der Waals surface area contributed by atoms with E-state index in [0.29, 0.717) is 13.2 Å². The number of amides is 1. The summed E-state index contributed by atoms with van der Waals surface area (Å²) < 4.78 is 5.69. The van der Waals surface area contributed by atoms with Crippen LogP contribution in [0.1, 0.15) is 44.7 Å². The molecule has 158 valence electrons. The molecule has 0 aromatic heterocycles. The molecule has 0 bridgehead atoms. The van der Waals surface area contributed by atoms with Crippen LogP contribution in [0.15, 0.2) is 29.3 Å². The van der Waals surface area contributed by atoms with Crippen LogP contribution in [0.5, 0.6) is 0 Å². The van der Waals surface area contributed by atoms with Gasteiger partial charge in [-0.1, -0.05) is 45.0 Å². The molecule has 28 heavy (non-hydrogen) atoms. The molecule has 1 saturated heterocycles. The monoisotopic (exact) mass is 502 g/mol. The molecule has 0 spiro atoms. The average Bonchev–Trinajstić information content (AvgIpc) is 3.14. The van der Waals surface area contributed by atoms with Crippen LogP contribution >= 0.6 is 24.0 Å². The highest BCUT2D eigenvalue weighted by atomic mass is 127. The van der Waals surface area contributed by atoms with E-state index < -0.39 is 0 Å². The number of hydrogen-bond acceptors (Lipinski definition) is 3. The Bertz CT molecular complexity index is 637. The topological polar surface area (TPSA) is 66.0 Å². The Morgan fingerprint density at radius 3 is 2.68 bits per heavy atom. The number of ether oxygens (including phenoxy) is 1. The lowest BCUT2D eigenvalue weighted by molar-refractivity contribution is -0.133. The number of halogens is 1. The van der Waals surface area contributed by atoms with Crippen molar-refractivity contribution in [2.75, 3.05) is 26.7 Å². The third-order valence-electron chi connectivity index (χ3n) is 4.73. The van der Waals surface area contributed by atoms with Gasteiger partial charge in [0.15, 0.2) is 5.96 Å². The van der Waals surface area contributed by atoms with E-state index in [2.05, 4.69) is 34.7 Å². The largest absolute Gasteiger partial charge is 0.377 e. The first-order valence-corrected chi connectivity index (χ1v) is 9.95. The third-order valence-corrected chi connectivity index (χ3v) is 4.73. The fourth-order valence-electron chi connectivity index (χ4n) is 3.21. The Hall–Kier alpha value is -1.35. The van der Waals surface area contributed by atoms with Crippen molar-refractivity contribution in [2.45, 2.75) is 52.8 Å². The Kier molecular flexibility index (Phi) is 11.4. The summed E-state index contributed by atoms with van der Waals surface area (Å²) in [6.45, 7) is 9.65. The molecule has 6 nitrogen and oxygen atoms in total. The molecule has 1 fully saturated rings. The summed E-state index contributed by atoms with van der Waals surface area (Å²) in [5.41, 5.74) is 2.41. The maximum absolute atomic E-state index is 12.1. The SMILES string of the molecule is CCCOCc1ccccc1CNC(=NC)NC1CCN(C(=O)C(C)C)C1.I. The molecule has 0 aliphatic carbocycles. The van der Waals surface area contributed by atoms with Gasteiger partial charge < -0.3 is 20.3 Å². The molecular formula is C21H35IN4O2. The number of guanidine groups is 1. The maximum atomic E-state index is 12.1. The van der Waals surface area contributed by atoms with E-state index >= 15 is 0 Å². The van der Waals surface area contributed by atoms with Gasteiger partial charge in [0.1, 0.15) is 0 Å². The first-order chi connectivity index (χ1) is 13.0. The zero-order valence-electron chi connectivity index (χ0n) is 17.5. The number of nitrogens with zero attached hydrogens (tertiary/aromatic N) is 2. The fourth-order valence-corrected chi connectivity index (χ4v) is 3.21. The minimum atomic E-state index is 0. The van der Waals surface area contributed by atoms with E-state index in [0.717, 1.165) is 38.5 Å². The van der Waals surface area contributed by atoms with Gasteiger partial charge in [-0.25, -0.2) is 0 Å². The van der Waals surface area contributed by atoms with Crippen molar-refractivity contribution in [1.82, 2.24) is 15.5 Å². The lowest BCUT2D eigenvalue weighted by Gasteiger charge is -2.20. The van der Waals surface area contributed by atoms with Crippen molar-refractivity contribution < 1.29 is 9.53 Å². The molecule has 1 aliphatic heterocycles. The van der Waals surface area contributed by atoms with Crippen molar-refractivity contribution in [1.29, 1.82) is 0 Å². The Morgan fingerprint density at radius 2 is 2.04 bits per heavy atom. The predicted octanol–water partition coefficient (Wildman–Crippen LogP) is 3.15. The number of carbonyl (C=O) groups excluding carboxylic acids is 1. The molecule has 1 aromatic rings. The summed E-state index contributed by atoms with van der Waals surface area (Å²) in [5.74, 6) is 1.04. The molecule has 2 N–H and O–H groups in total. The number of nitrogens with one attached hydrogen (secondary N) is 2. The number of aliphatic imine (C=N–C) groups is 1. The van der Waals surface area contributed by atoms with Crippen molar-refractivity contribution in [2.24, 2.45) is 10.9 Å². The first-order valence-electron chi connectivity index (χ1n) is 9.95. The number of hydrogen-bond donors (Lipinski definition) is 2. The first kappa shape index (κ1) is 24.7. The quantitative estimate of drug-likeness (QED) is 0.248. The van der Waals surface area contributed by atoms with Crippen LogP contribution in [0.25, 0.3) is 0 Å². The maximum Gasteiger partial charge on any atom is 0.225 e. The lowest BCUT2D eigenvalue weighted by Crippen LogP contribution is -2.45. The van der Waals surface area contributed by atoms with Gasteiger partial charge in [0, 0.05) is 45.2 Å². The van der Waals surface area contributed by atoms with E-state index in [1.54, 1.807) is 7.05 Å². The summed E-state index contributed by atoms with van der Waals surface area (Å²) >= 11 is 0. The highest BCUT2D eigenvalue weighted by Crippen LogP contribution is 2.13. The van der Waals surface area contributed by atoms with Gasteiger partial charge in [0.2, 0.25) is 5.91 Å². The fraction of sp³-hybridized carbons (Fsp3) is 0.619. The van der Waals surface area contributed by atoms with Crippen LogP contribution in [0, 0.1) is 5.92 Å². The second-order valence-corrected chi connectivity index (χ2v) is 7.32. The number of benzene rings is 1. The molecule has 1 aromatic carbocycles. The van der Waals surface area contributed by atoms with Gasteiger partial charge in [-0.15, -0.1) is 24.0 Å². The lowest BCUT2D eigenvalue weighted by atomic mass is 10.1. The minimum absolute atomic E-state index is 0. The van der Waals surface area contributed by atoms with Crippen molar-refractivity contribution >= 4 is 35.8 Å². The van der Waals surface area contributed by atoms with Crippen molar-refractivity contribution in [3.63, 3.8) is 0 Å². The van der Waals surface area contributed by atoms with E-state index in [1.165, 1.54) is 11.1 Å². The van der Waals surface area contributed by atoms with Crippen LogP contribution < -0.4 is 10.6 Å². The van der Waals surface area contributed by atoms with Crippen LogP contribution in [0.3, 0.4) is 0 Å². The van der Waals surface area contributed by atoms with E-state index in [4.69, 9.17) is 4.74 Å². The van der Waals surface area contributed by atoms with E-state index in [-0.39, 0.29) is 41.8 Å². The van der Waals surface area contributed by atoms with Gasteiger partial charge in [0.05, 0.1) is 6.61 Å². The zero-order chi connectivity index (χ0) is 19.6. The Labute approximate surface area is 186 Å². The number of carbonyl (C=O) groups is 1.